The standard InChI is InChI=1S/C48H91O5P/c1-7-9-11-13-15-17-19-21-23-25-27-29-31-33-35-37-39-51-54(50,53-43-45-41-44(3)47(49)46(42-45)48(4,5)6)52-40-38-36-34-32-30-28-26-24-22-20-18-16-14-12-10-8-2/h41-42,49H,7-40,43H2,1-6H3. The van der Waals surface area contributed by atoms with Crippen LogP contribution in [0, 0.1) is 6.92 Å². The normalized spacial score (nSPS) is 12.3. The topological polar surface area (TPSA) is 65.0 Å². The Morgan fingerprint density at radius 3 is 1.07 bits per heavy atom. The highest BCUT2D eigenvalue weighted by Crippen LogP contribution is 2.51. The average Bonchev–Trinajstić information content (AvgIpc) is 3.14. The average molecular weight is 779 g/mol. The van der Waals surface area contributed by atoms with Crippen molar-refractivity contribution < 1.29 is 23.2 Å². The van der Waals surface area contributed by atoms with Gasteiger partial charge in [0.2, 0.25) is 0 Å². The molecular formula is C48H91O5P. The van der Waals surface area contributed by atoms with Gasteiger partial charge in [0.25, 0.3) is 0 Å². The fourth-order valence-corrected chi connectivity index (χ4v) is 8.66. The van der Waals surface area contributed by atoms with Crippen LogP contribution in [0.5, 0.6) is 5.75 Å². The first-order valence-corrected chi connectivity index (χ1v) is 25.0. The van der Waals surface area contributed by atoms with E-state index < -0.39 is 7.82 Å². The lowest BCUT2D eigenvalue weighted by atomic mass is 9.84. The Kier molecular flexibility index (Phi) is 32.4. The molecule has 1 aromatic carbocycles. The fourth-order valence-electron chi connectivity index (χ4n) is 7.43. The van der Waals surface area contributed by atoms with Crippen molar-refractivity contribution >= 4 is 7.82 Å². The molecule has 0 bridgehead atoms. The molecule has 0 amide bonds. The van der Waals surface area contributed by atoms with Crippen molar-refractivity contribution in [1.29, 1.82) is 0 Å². The third-order valence-corrected chi connectivity index (χ3v) is 12.5. The van der Waals surface area contributed by atoms with E-state index in [0.717, 1.165) is 42.4 Å². The Labute approximate surface area is 336 Å². The second-order valence-corrected chi connectivity index (χ2v) is 19.2. The SMILES string of the molecule is CCCCCCCCCCCCCCCCCCOP(=O)(OCCCCCCCCCCCCCCCCCC)OCc1cc(C)c(O)c(C(C)(C)C)c1. The molecule has 0 spiro atoms. The predicted octanol–water partition coefficient (Wildman–Crippen LogP) is 17.2. The molecule has 1 aromatic rings. The highest BCUT2D eigenvalue weighted by molar-refractivity contribution is 7.48. The number of aryl methyl sites for hydroxylation is 1. The first-order valence-electron chi connectivity index (χ1n) is 23.5. The van der Waals surface area contributed by atoms with E-state index >= 15 is 0 Å². The summed E-state index contributed by atoms with van der Waals surface area (Å²) >= 11 is 0. The van der Waals surface area contributed by atoms with Gasteiger partial charge < -0.3 is 5.11 Å². The van der Waals surface area contributed by atoms with Crippen LogP contribution >= 0.6 is 7.82 Å². The molecule has 1 rings (SSSR count). The third-order valence-electron chi connectivity index (χ3n) is 11.1. The van der Waals surface area contributed by atoms with Crippen LogP contribution < -0.4 is 0 Å². The van der Waals surface area contributed by atoms with Crippen molar-refractivity contribution in [2.75, 3.05) is 13.2 Å². The van der Waals surface area contributed by atoms with Crippen LogP contribution in [0.15, 0.2) is 12.1 Å². The van der Waals surface area contributed by atoms with Gasteiger partial charge in [-0.1, -0.05) is 233 Å². The zero-order valence-electron chi connectivity index (χ0n) is 36.9. The smallest absolute Gasteiger partial charge is 0.475 e. The number of phosphoric acid groups is 1. The highest BCUT2D eigenvalue weighted by Gasteiger charge is 2.27. The number of phosphoric ester groups is 1. The maximum Gasteiger partial charge on any atom is 0.475 e. The lowest BCUT2D eigenvalue weighted by molar-refractivity contribution is 0.105. The second-order valence-electron chi connectivity index (χ2n) is 17.6. The molecule has 0 aliphatic carbocycles. The van der Waals surface area contributed by atoms with Crippen molar-refractivity contribution in [3.05, 3.63) is 28.8 Å². The summed E-state index contributed by atoms with van der Waals surface area (Å²) in [5, 5.41) is 10.7. The maximum absolute atomic E-state index is 13.8. The number of unbranched alkanes of at least 4 members (excludes halogenated alkanes) is 30. The molecule has 5 nitrogen and oxygen atoms in total. The van der Waals surface area contributed by atoms with E-state index in [9.17, 15) is 9.67 Å². The van der Waals surface area contributed by atoms with Gasteiger partial charge in [0.05, 0.1) is 19.8 Å². The summed E-state index contributed by atoms with van der Waals surface area (Å²) < 4.78 is 31.6. The van der Waals surface area contributed by atoms with E-state index in [0.29, 0.717) is 19.0 Å². The van der Waals surface area contributed by atoms with Gasteiger partial charge in [-0.25, -0.2) is 4.57 Å². The summed E-state index contributed by atoms with van der Waals surface area (Å²) in [5.41, 5.74) is 2.30. The van der Waals surface area contributed by atoms with Gasteiger partial charge in [-0.05, 0) is 47.9 Å². The molecule has 0 atom stereocenters. The van der Waals surface area contributed by atoms with Crippen LogP contribution in [0.4, 0.5) is 0 Å². The maximum atomic E-state index is 13.8. The Morgan fingerprint density at radius 2 is 0.778 bits per heavy atom. The van der Waals surface area contributed by atoms with E-state index in [1.54, 1.807) is 0 Å². The molecular weight excluding hydrogens is 687 g/mol. The molecule has 0 aliphatic rings. The number of hydrogen-bond acceptors (Lipinski definition) is 5. The fraction of sp³-hybridized carbons (Fsp3) is 0.875. The number of benzene rings is 1. The van der Waals surface area contributed by atoms with Gasteiger partial charge >= 0.3 is 7.82 Å². The summed E-state index contributed by atoms with van der Waals surface area (Å²) in [6.07, 6.45) is 42.1. The zero-order chi connectivity index (χ0) is 39.6. The molecule has 1 N–H and O–H groups in total. The van der Waals surface area contributed by atoms with Crippen molar-refractivity contribution in [1.82, 2.24) is 0 Å². The molecule has 54 heavy (non-hydrogen) atoms. The summed E-state index contributed by atoms with van der Waals surface area (Å²) in [6.45, 7) is 13.6. The van der Waals surface area contributed by atoms with Crippen molar-refractivity contribution in [2.24, 2.45) is 0 Å². The molecule has 0 aliphatic heterocycles. The van der Waals surface area contributed by atoms with E-state index in [2.05, 4.69) is 34.6 Å². The molecule has 0 aromatic heterocycles. The first kappa shape index (κ1) is 51.1. The molecule has 0 unspecified atom stereocenters. The quantitative estimate of drug-likeness (QED) is 0.0533. The van der Waals surface area contributed by atoms with Crippen LogP contribution in [0.3, 0.4) is 0 Å². The van der Waals surface area contributed by atoms with Gasteiger partial charge in [-0.15, -0.1) is 0 Å². The lowest BCUT2D eigenvalue weighted by Crippen LogP contribution is -2.13. The van der Waals surface area contributed by atoms with Gasteiger partial charge in [-0.3, -0.25) is 13.6 Å². The van der Waals surface area contributed by atoms with Crippen LogP contribution in [0.2, 0.25) is 0 Å². The summed E-state index contributed by atoms with van der Waals surface area (Å²) in [6, 6.07) is 3.86. The van der Waals surface area contributed by atoms with Crippen LogP contribution in [0.1, 0.15) is 257 Å². The van der Waals surface area contributed by atoms with Crippen LogP contribution in [-0.4, -0.2) is 18.3 Å². The van der Waals surface area contributed by atoms with E-state index in [1.807, 2.05) is 19.1 Å². The number of phenolic OH excluding ortho intramolecular Hbond substituents is 1. The minimum Gasteiger partial charge on any atom is -0.507 e. The summed E-state index contributed by atoms with van der Waals surface area (Å²) in [4.78, 5) is 0. The number of phenols is 1. The summed E-state index contributed by atoms with van der Waals surface area (Å²) in [7, 11) is -3.71. The van der Waals surface area contributed by atoms with Crippen molar-refractivity contribution in [2.45, 2.75) is 259 Å². The van der Waals surface area contributed by atoms with Crippen molar-refractivity contribution in [3.63, 3.8) is 0 Å². The van der Waals surface area contributed by atoms with E-state index in [1.165, 1.54) is 180 Å². The molecule has 0 saturated carbocycles. The largest absolute Gasteiger partial charge is 0.507 e. The lowest BCUT2D eigenvalue weighted by Gasteiger charge is -2.23. The minimum absolute atomic E-state index is 0.124. The molecule has 0 fully saturated rings. The monoisotopic (exact) mass is 779 g/mol. The van der Waals surface area contributed by atoms with E-state index in [4.69, 9.17) is 13.6 Å². The molecule has 6 heteroatoms. The predicted molar refractivity (Wildman–Crippen MR) is 235 cm³/mol. The highest BCUT2D eigenvalue weighted by atomic mass is 31.2. The molecule has 318 valence electrons. The molecule has 0 heterocycles. The Hall–Kier alpha value is -0.870. The number of hydrogen-bond donors (Lipinski definition) is 1. The number of rotatable bonds is 39. The minimum atomic E-state index is -3.71. The van der Waals surface area contributed by atoms with Gasteiger partial charge in [0.15, 0.2) is 0 Å². The van der Waals surface area contributed by atoms with Crippen LogP contribution in [0.25, 0.3) is 0 Å². The summed E-state index contributed by atoms with van der Waals surface area (Å²) in [5.74, 6) is 0.314. The zero-order valence-corrected chi connectivity index (χ0v) is 37.8. The Bertz CT molecular complexity index is 993. The van der Waals surface area contributed by atoms with Gasteiger partial charge in [0, 0.05) is 0 Å². The second kappa shape index (κ2) is 34.2. The molecule has 0 saturated heterocycles. The van der Waals surface area contributed by atoms with Gasteiger partial charge in [-0.2, -0.15) is 0 Å². The van der Waals surface area contributed by atoms with Crippen LogP contribution in [-0.2, 0) is 30.2 Å². The van der Waals surface area contributed by atoms with E-state index in [-0.39, 0.29) is 12.0 Å². The van der Waals surface area contributed by atoms with Crippen molar-refractivity contribution in [3.8, 4) is 5.75 Å². The third kappa shape index (κ3) is 28.5. The number of aromatic hydroxyl groups is 1. The van der Waals surface area contributed by atoms with Gasteiger partial charge in [0.1, 0.15) is 5.75 Å². The Balaban J connectivity index is 2.33. The first-order chi connectivity index (χ1) is 26.1. The Morgan fingerprint density at radius 1 is 0.481 bits per heavy atom. The molecule has 0 radical (unpaired) electrons.